The van der Waals surface area contributed by atoms with Crippen LogP contribution in [-0.4, -0.2) is 28.5 Å². The van der Waals surface area contributed by atoms with Gasteiger partial charge in [0.25, 0.3) is 5.56 Å². The number of methoxy groups -OCH3 is 1. The van der Waals surface area contributed by atoms with Gasteiger partial charge in [0.2, 0.25) is 5.91 Å². The molecule has 1 heterocycles. The molecule has 0 aliphatic heterocycles. The summed E-state index contributed by atoms with van der Waals surface area (Å²) in [7, 11) is 1.26. The summed E-state index contributed by atoms with van der Waals surface area (Å²) in [5.41, 5.74) is 1.26. The smallest absolute Gasteiger partial charge is 0.337 e. The van der Waals surface area contributed by atoms with Crippen molar-refractivity contribution in [1.82, 2.24) is 9.55 Å². The fourth-order valence-corrected chi connectivity index (χ4v) is 2.64. The van der Waals surface area contributed by atoms with E-state index in [4.69, 9.17) is 11.6 Å². The molecule has 0 saturated carbocycles. The number of amides is 1. The number of hydrogen-bond acceptors (Lipinski definition) is 5. The summed E-state index contributed by atoms with van der Waals surface area (Å²) in [5.74, 6) is -1.01. The van der Waals surface area contributed by atoms with Crippen LogP contribution in [0.4, 0.5) is 5.69 Å². The lowest BCUT2D eigenvalue weighted by Gasteiger charge is -2.11. The first-order valence-corrected chi connectivity index (χ1v) is 7.99. The van der Waals surface area contributed by atoms with Gasteiger partial charge in [-0.15, -0.1) is 0 Å². The highest BCUT2D eigenvalue weighted by molar-refractivity contribution is 6.33. The van der Waals surface area contributed by atoms with Gasteiger partial charge in [0.1, 0.15) is 6.54 Å². The summed E-state index contributed by atoms with van der Waals surface area (Å²) in [6.45, 7) is -0.222. The van der Waals surface area contributed by atoms with E-state index in [1.165, 1.54) is 36.1 Å². The van der Waals surface area contributed by atoms with Crippen LogP contribution in [-0.2, 0) is 16.1 Å². The molecule has 7 nitrogen and oxygen atoms in total. The summed E-state index contributed by atoms with van der Waals surface area (Å²) in [4.78, 5) is 40.2. The Labute approximate surface area is 153 Å². The Balaban J connectivity index is 1.88. The third kappa shape index (κ3) is 3.57. The van der Waals surface area contributed by atoms with E-state index in [0.717, 1.165) is 0 Å². The Morgan fingerprint density at radius 3 is 2.77 bits per heavy atom. The fraction of sp³-hybridized carbons (Fsp3) is 0.111. The highest BCUT2D eigenvalue weighted by Gasteiger charge is 2.13. The fourth-order valence-electron chi connectivity index (χ4n) is 2.48. The molecule has 0 bridgehead atoms. The molecular formula is C18H14ClN3O4. The first kappa shape index (κ1) is 17.6. The molecule has 0 aliphatic carbocycles. The number of fused-ring (bicyclic) bond motifs is 1. The van der Waals surface area contributed by atoms with Crippen molar-refractivity contribution in [3.05, 3.63) is 69.6 Å². The first-order chi connectivity index (χ1) is 12.5. The highest BCUT2D eigenvalue weighted by atomic mass is 35.5. The zero-order valence-electron chi connectivity index (χ0n) is 13.7. The van der Waals surface area contributed by atoms with Gasteiger partial charge in [-0.25, -0.2) is 9.78 Å². The number of halogens is 1. The normalized spacial score (nSPS) is 10.5. The number of ether oxygens (including phenoxy) is 1. The molecule has 2 aromatic carbocycles. The predicted molar refractivity (Wildman–Crippen MR) is 97.4 cm³/mol. The Hall–Kier alpha value is -3.19. The summed E-state index contributed by atoms with van der Waals surface area (Å²) in [5, 5.41) is 2.87. The van der Waals surface area contributed by atoms with Crippen LogP contribution in [0.15, 0.2) is 53.5 Å². The van der Waals surface area contributed by atoms with E-state index in [9.17, 15) is 14.4 Å². The SMILES string of the molecule is COC(=O)c1ccc(Cl)c(NC(=O)Cn2c(=O)cnc3ccccc32)c1. The summed E-state index contributed by atoms with van der Waals surface area (Å²) < 4.78 is 5.96. The number of rotatable bonds is 4. The van der Waals surface area contributed by atoms with Gasteiger partial charge >= 0.3 is 5.97 Å². The van der Waals surface area contributed by atoms with Crippen LogP contribution >= 0.6 is 11.6 Å². The third-order valence-electron chi connectivity index (χ3n) is 3.72. The minimum absolute atomic E-state index is 0.222. The number of hydrogen-bond donors (Lipinski definition) is 1. The maximum atomic E-state index is 12.4. The molecule has 3 aromatic rings. The number of carbonyl (C=O) groups is 2. The van der Waals surface area contributed by atoms with Gasteiger partial charge in [-0.1, -0.05) is 23.7 Å². The van der Waals surface area contributed by atoms with Gasteiger partial charge in [0, 0.05) is 0 Å². The lowest BCUT2D eigenvalue weighted by atomic mass is 10.2. The summed E-state index contributed by atoms with van der Waals surface area (Å²) >= 11 is 6.07. The molecule has 1 amide bonds. The monoisotopic (exact) mass is 371 g/mol. The standard InChI is InChI=1S/C18H14ClN3O4/c1-26-18(25)11-6-7-12(19)14(8-11)21-16(23)10-22-15-5-3-2-4-13(15)20-9-17(22)24/h2-9H,10H2,1H3,(H,21,23). The number of anilines is 1. The van der Waals surface area contributed by atoms with Crippen LogP contribution < -0.4 is 10.9 Å². The van der Waals surface area contributed by atoms with Gasteiger partial charge in [-0.05, 0) is 30.3 Å². The van der Waals surface area contributed by atoms with E-state index in [0.29, 0.717) is 11.0 Å². The van der Waals surface area contributed by atoms with Crippen LogP contribution in [0.1, 0.15) is 10.4 Å². The van der Waals surface area contributed by atoms with Gasteiger partial charge in [-0.3, -0.25) is 14.2 Å². The second-order valence-corrected chi connectivity index (χ2v) is 5.81. The highest BCUT2D eigenvalue weighted by Crippen LogP contribution is 2.23. The van der Waals surface area contributed by atoms with Crippen molar-refractivity contribution in [3.8, 4) is 0 Å². The topological polar surface area (TPSA) is 90.3 Å². The van der Waals surface area contributed by atoms with E-state index in [1.807, 2.05) is 0 Å². The molecule has 3 rings (SSSR count). The van der Waals surface area contributed by atoms with Crippen molar-refractivity contribution in [3.63, 3.8) is 0 Å². The second-order valence-electron chi connectivity index (χ2n) is 5.41. The predicted octanol–water partition coefficient (Wildman–Crippen LogP) is 2.48. The molecular weight excluding hydrogens is 358 g/mol. The summed E-state index contributed by atoms with van der Waals surface area (Å²) in [6.07, 6.45) is 1.17. The van der Waals surface area contributed by atoms with E-state index in [1.54, 1.807) is 24.3 Å². The molecule has 0 unspecified atom stereocenters. The molecule has 0 saturated heterocycles. The minimum atomic E-state index is -0.548. The van der Waals surface area contributed by atoms with Crippen molar-refractivity contribution >= 4 is 40.2 Å². The Kier molecular flexibility index (Phi) is 4.99. The average Bonchev–Trinajstić information content (AvgIpc) is 2.65. The Morgan fingerprint density at radius 2 is 2.00 bits per heavy atom. The molecule has 0 atom stereocenters. The number of nitrogens with zero attached hydrogens (tertiary/aromatic N) is 2. The number of para-hydroxylation sites is 2. The maximum absolute atomic E-state index is 12.4. The zero-order valence-corrected chi connectivity index (χ0v) is 14.5. The average molecular weight is 372 g/mol. The lowest BCUT2D eigenvalue weighted by molar-refractivity contribution is -0.116. The molecule has 132 valence electrons. The van der Waals surface area contributed by atoms with E-state index >= 15 is 0 Å². The first-order valence-electron chi connectivity index (χ1n) is 7.62. The number of nitrogens with one attached hydrogen (secondary N) is 1. The van der Waals surface area contributed by atoms with Gasteiger partial charge in [0.05, 0.1) is 40.6 Å². The molecule has 1 aromatic heterocycles. The molecule has 0 fully saturated rings. The number of carbonyl (C=O) groups excluding carboxylic acids is 2. The Morgan fingerprint density at radius 1 is 1.23 bits per heavy atom. The van der Waals surface area contributed by atoms with Crippen molar-refractivity contribution < 1.29 is 14.3 Å². The van der Waals surface area contributed by atoms with Gasteiger partial charge in [0.15, 0.2) is 0 Å². The molecule has 1 N–H and O–H groups in total. The minimum Gasteiger partial charge on any atom is -0.465 e. The van der Waals surface area contributed by atoms with Crippen molar-refractivity contribution in [2.45, 2.75) is 6.54 Å². The van der Waals surface area contributed by atoms with Gasteiger partial charge < -0.3 is 10.1 Å². The van der Waals surface area contributed by atoms with Crippen LogP contribution in [0.25, 0.3) is 11.0 Å². The number of esters is 1. The maximum Gasteiger partial charge on any atom is 0.337 e. The second kappa shape index (κ2) is 7.37. The number of benzene rings is 2. The van der Waals surface area contributed by atoms with Crippen LogP contribution in [0.2, 0.25) is 5.02 Å². The van der Waals surface area contributed by atoms with E-state index in [-0.39, 0.29) is 22.8 Å². The van der Waals surface area contributed by atoms with Crippen LogP contribution in [0, 0.1) is 0 Å². The van der Waals surface area contributed by atoms with Crippen LogP contribution in [0.5, 0.6) is 0 Å². The lowest BCUT2D eigenvalue weighted by Crippen LogP contribution is -2.28. The molecule has 0 spiro atoms. The quantitative estimate of drug-likeness (QED) is 0.711. The van der Waals surface area contributed by atoms with Crippen molar-refractivity contribution in [2.24, 2.45) is 0 Å². The largest absolute Gasteiger partial charge is 0.465 e. The van der Waals surface area contributed by atoms with E-state index < -0.39 is 17.4 Å². The molecule has 8 heteroatoms. The van der Waals surface area contributed by atoms with Crippen molar-refractivity contribution in [2.75, 3.05) is 12.4 Å². The van der Waals surface area contributed by atoms with Gasteiger partial charge in [-0.2, -0.15) is 0 Å². The molecule has 0 aliphatic rings. The Bertz CT molecular complexity index is 1060. The van der Waals surface area contributed by atoms with Crippen molar-refractivity contribution in [1.29, 1.82) is 0 Å². The van der Waals surface area contributed by atoms with E-state index in [2.05, 4.69) is 15.0 Å². The third-order valence-corrected chi connectivity index (χ3v) is 4.05. The number of aromatic nitrogens is 2. The zero-order chi connectivity index (χ0) is 18.7. The molecule has 0 radical (unpaired) electrons. The molecule has 26 heavy (non-hydrogen) atoms. The summed E-state index contributed by atoms with van der Waals surface area (Å²) in [6, 6.07) is 11.4. The van der Waals surface area contributed by atoms with Crippen LogP contribution in [0.3, 0.4) is 0 Å².